The lowest BCUT2D eigenvalue weighted by atomic mass is 9.82. The van der Waals surface area contributed by atoms with Crippen LogP contribution in [0.5, 0.6) is 0 Å². The van der Waals surface area contributed by atoms with Gasteiger partial charge >= 0.3 is 0 Å². The third kappa shape index (κ3) is 3.93. The van der Waals surface area contributed by atoms with Gasteiger partial charge in [0, 0.05) is 18.5 Å². The zero-order valence-electron chi connectivity index (χ0n) is 15.5. The molecule has 2 aliphatic heterocycles. The summed E-state index contributed by atoms with van der Waals surface area (Å²) in [6, 6.07) is 7.75. The van der Waals surface area contributed by atoms with Gasteiger partial charge in [0.2, 0.25) is 5.91 Å². The molecule has 5 nitrogen and oxygen atoms in total. The molecule has 1 saturated carbocycles. The highest BCUT2D eigenvalue weighted by Gasteiger charge is 2.48. The molecule has 0 bridgehead atoms. The van der Waals surface area contributed by atoms with Crippen molar-refractivity contribution in [1.82, 2.24) is 10.2 Å². The van der Waals surface area contributed by atoms with Crippen molar-refractivity contribution in [2.75, 3.05) is 26.2 Å². The largest absolute Gasteiger partial charge is 0.371 e. The van der Waals surface area contributed by atoms with E-state index in [1.165, 1.54) is 12.8 Å². The minimum absolute atomic E-state index is 0.0948. The second kappa shape index (κ2) is 7.03. The summed E-state index contributed by atoms with van der Waals surface area (Å²) in [6.45, 7) is 4.76. The standard InChI is InChI=1S/C21H28N2O3/c1-15-3-2-4-18(9-15)20(25)23-13-21(14-23)8-7-17(12-26-21)11-22-19(24)10-16-5-6-16/h2-4,9,16-17H,5-8,10-14H2,1H3,(H,22,24)/t17-/m0/s1. The van der Waals surface area contributed by atoms with Crippen molar-refractivity contribution in [2.24, 2.45) is 11.8 Å². The molecule has 1 atom stereocenters. The number of nitrogens with one attached hydrogen (secondary N) is 1. The van der Waals surface area contributed by atoms with E-state index in [0.717, 1.165) is 24.0 Å². The van der Waals surface area contributed by atoms with Crippen LogP contribution in [0.4, 0.5) is 0 Å². The van der Waals surface area contributed by atoms with E-state index in [1.54, 1.807) is 0 Å². The number of benzene rings is 1. The summed E-state index contributed by atoms with van der Waals surface area (Å²) in [4.78, 5) is 26.3. The van der Waals surface area contributed by atoms with Crippen LogP contribution >= 0.6 is 0 Å². The van der Waals surface area contributed by atoms with Gasteiger partial charge in [-0.3, -0.25) is 9.59 Å². The van der Waals surface area contributed by atoms with Crippen LogP contribution in [-0.4, -0.2) is 48.6 Å². The maximum atomic E-state index is 12.6. The second-order valence-corrected chi connectivity index (χ2v) is 8.38. The number of aryl methyl sites for hydroxylation is 1. The van der Waals surface area contributed by atoms with Crippen molar-refractivity contribution < 1.29 is 14.3 Å². The third-order valence-electron chi connectivity index (χ3n) is 5.90. The first-order chi connectivity index (χ1) is 12.5. The van der Waals surface area contributed by atoms with Crippen molar-refractivity contribution >= 4 is 11.8 Å². The minimum Gasteiger partial charge on any atom is -0.371 e. The molecule has 2 amide bonds. The van der Waals surface area contributed by atoms with Gasteiger partial charge in [-0.1, -0.05) is 17.7 Å². The number of carbonyl (C=O) groups is 2. The van der Waals surface area contributed by atoms with Gasteiger partial charge in [-0.15, -0.1) is 0 Å². The maximum absolute atomic E-state index is 12.6. The lowest BCUT2D eigenvalue weighted by molar-refractivity contribution is -0.166. The predicted molar refractivity (Wildman–Crippen MR) is 98.8 cm³/mol. The quantitative estimate of drug-likeness (QED) is 0.882. The Balaban J connectivity index is 1.20. The van der Waals surface area contributed by atoms with Crippen LogP contribution in [0, 0.1) is 18.8 Å². The van der Waals surface area contributed by atoms with Crippen LogP contribution in [0.3, 0.4) is 0 Å². The average molecular weight is 356 g/mol. The molecule has 0 unspecified atom stereocenters. The molecule has 1 N–H and O–H groups in total. The van der Waals surface area contributed by atoms with Crippen LogP contribution in [0.1, 0.15) is 48.0 Å². The van der Waals surface area contributed by atoms with Crippen LogP contribution < -0.4 is 5.32 Å². The summed E-state index contributed by atoms with van der Waals surface area (Å²) >= 11 is 0. The Kier molecular flexibility index (Phi) is 4.74. The Bertz CT molecular complexity index is 682. The fraction of sp³-hybridized carbons (Fsp3) is 0.619. The van der Waals surface area contributed by atoms with Crippen molar-refractivity contribution in [3.8, 4) is 0 Å². The van der Waals surface area contributed by atoms with E-state index in [1.807, 2.05) is 36.1 Å². The highest BCUT2D eigenvalue weighted by Crippen LogP contribution is 2.36. The van der Waals surface area contributed by atoms with E-state index < -0.39 is 0 Å². The Morgan fingerprint density at radius 3 is 2.69 bits per heavy atom. The SMILES string of the molecule is Cc1cccc(C(=O)N2CC3(CC[C@@H](CNC(=O)CC4CC4)CO3)C2)c1. The van der Waals surface area contributed by atoms with Gasteiger partial charge in [0.1, 0.15) is 5.60 Å². The number of amides is 2. The summed E-state index contributed by atoms with van der Waals surface area (Å²) < 4.78 is 6.13. The predicted octanol–water partition coefficient (Wildman–Crippen LogP) is 2.53. The summed E-state index contributed by atoms with van der Waals surface area (Å²) in [5, 5.41) is 3.06. The zero-order valence-corrected chi connectivity index (χ0v) is 15.5. The molecule has 3 aliphatic rings. The summed E-state index contributed by atoms with van der Waals surface area (Å²) in [5.74, 6) is 1.31. The maximum Gasteiger partial charge on any atom is 0.254 e. The summed E-state index contributed by atoms with van der Waals surface area (Å²) in [6.07, 6.45) is 5.12. The van der Waals surface area contributed by atoms with Crippen LogP contribution in [0.25, 0.3) is 0 Å². The van der Waals surface area contributed by atoms with E-state index in [0.29, 0.717) is 44.5 Å². The highest BCUT2D eigenvalue weighted by atomic mass is 16.5. The first kappa shape index (κ1) is 17.5. The molecule has 2 saturated heterocycles. The lowest BCUT2D eigenvalue weighted by Crippen LogP contribution is -2.66. The molecular formula is C21H28N2O3. The van der Waals surface area contributed by atoms with Gasteiger partial charge in [-0.05, 0) is 56.6 Å². The molecule has 4 rings (SSSR count). The molecular weight excluding hydrogens is 328 g/mol. The number of nitrogens with zero attached hydrogens (tertiary/aromatic N) is 1. The first-order valence-corrected chi connectivity index (χ1v) is 9.80. The zero-order chi connectivity index (χ0) is 18.1. The Morgan fingerprint density at radius 1 is 1.23 bits per heavy atom. The monoisotopic (exact) mass is 356 g/mol. The lowest BCUT2D eigenvalue weighted by Gasteiger charge is -2.52. The number of carbonyl (C=O) groups excluding carboxylic acids is 2. The van der Waals surface area contributed by atoms with Gasteiger partial charge in [0.05, 0.1) is 19.7 Å². The molecule has 1 spiro atoms. The topological polar surface area (TPSA) is 58.6 Å². The van der Waals surface area contributed by atoms with E-state index in [9.17, 15) is 9.59 Å². The molecule has 1 aromatic carbocycles. The van der Waals surface area contributed by atoms with Crippen LogP contribution in [0.2, 0.25) is 0 Å². The van der Waals surface area contributed by atoms with Gasteiger partial charge in [-0.25, -0.2) is 0 Å². The smallest absolute Gasteiger partial charge is 0.254 e. The molecule has 0 radical (unpaired) electrons. The Hall–Kier alpha value is -1.88. The van der Waals surface area contributed by atoms with Crippen LogP contribution in [0.15, 0.2) is 24.3 Å². The van der Waals surface area contributed by atoms with E-state index in [4.69, 9.17) is 4.74 Å². The van der Waals surface area contributed by atoms with Gasteiger partial charge in [-0.2, -0.15) is 0 Å². The van der Waals surface area contributed by atoms with Crippen molar-refractivity contribution in [2.45, 2.75) is 44.6 Å². The minimum atomic E-state index is -0.159. The normalized spacial score (nSPS) is 24.2. The molecule has 1 aromatic rings. The molecule has 140 valence electrons. The van der Waals surface area contributed by atoms with Crippen LogP contribution in [-0.2, 0) is 9.53 Å². The molecule has 1 aliphatic carbocycles. The molecule has 0 aromatic heterocycles. The summed E-state index contributed by atoms with van der Waals surface area (Å²) in [5.41, 5.74) is 1.70. The van der Waals surface area contributed by atoms with Gasteiger partial charge in [0.15, 0.2) is 0 Å². The molecule has 26 heavy (non-hydrogen) atoms. The molecule has 2 heterocycles. The molecule has 3 fully saturated rings. The first-order valence-electron chi connectivity index (χ1n) is 9.80. The fourth-order valence-electron chi connectivity index (χ4n) is 4.00. The number of rotatable bonds is 5. The molecule has 5 heteroatoms. The average Bonchev–Trinajstić information content (AvgIpc) is 3.42. The second-order valence-electron chi connectivity index (χ2n) is 8.38. The number of ether oxygens (including phenoxy) is 1. The highest BCUT2D eigenvalue weighted by molar-refractivity contribution is 5.95. The van der Waals surface area contributed by atoms with Crippen molar-refractivity contribution in [3.05, 3.63) is 35.4 Å². The van der Waals surface area contributed by atoms with Gasteiger partial charge < -0.3 is 15.0 Å². The Labute approximate surface area is 155 Å². The van der Waals surface area contributed by atoms with E-state index >= 15 is 0 Å². The van der Waals surface area contributed by atoms with Gasteiger partial charge in [0.25, 0.3) is 5.91 Å². The van der Waals surface area contributed by atoms with Crippen molar-refractivity contribution in [1.29, 1.82) is 0 Å². The van der Waals surface area contributed by atoms with E-state index in [-0.39, 0.29) is 17.4 Å². The number of hydrogen-bond donors (Lipinski definition) is 1. The third-order valence-corrected chi connectivity index (χ3v) is 5.90. The fourth-order valence-corrected chi connectivity index (χ4v) is 4.00. The number of hydrogen-bond acceptors (Lipinski definition) is 3. The Morgan fingerprint density at radius 2 is 2.04 bits per heavy atom. The van der Waals surface area contributed by atoms with E-state index in [2.05, 4.69) is 5.32 Å². The summed E-state index contributed by atoms with van der Waals surface area (Å²) in [7, 11) is 0. The van der Waals surface area contributed by atoms with Crippen molar-refractivity contribution in [3.63, 3.8) is 0 Å². The number of likely N-dealkylation sites (tertiary alicyclic amines) is 1.